The quantitative estimate of drug-likeness (QED) is 0.219. The fraction of sp³-hybridized carbons (Fsp3) is 0.677. The minimum Gasteiger partial charge on any atom is -0.414 e. The van der Waals surface area contributed by atoms with E-state index in [1.54, 1.807) is 29.8 Å². The van der Waals surface area contributed by atoms with Crippen molar-refractivity contribution in [2.45, 2.75) is 109 Å². The summed E-state index contributed by atoms with van der Waals surface area (Å²) in [7, 11) is -5.39. The van der Waals surface area contributed by atoms with E-state index in [4.69, 9.17) is 4.43 Å². The standard InChI is InChI=1S/C31H48N2O3SSi/c1-29(2,3)38(6,7)36-23-17-19-30(4)22(21-23)13-14-25-26-15-16-28(31(26,5)20-18-27(25)30)32-33-37(34,35)24-11-9-8-10-12-24/h8-13,16,23,25-27,32-33H,14-15,17-21H2,1-7H3/t23-,25?,26?,27?,30-,31-/m0/s1. The molecule has 0 spiro atoms. The predicted octanol–water partition coefficient (Wildman–Crippen LogP) is 7.32. The van der Waals surface area contributed by atoms with Gasteiger partial charge in [0.05, 0.1) is 4.90 Å². The maximum atomic E-state index is 12.8. The van der Waals surface area contributed by atoms with Crippen LogP contribution >= 0.6 is 0 Å². The van der Waals surface area contributed by atoms with E-state index in [1.807, 2.05) is 6.07 Å². The highest BCUT2D eigenvalue weighted by molar-refractivity contribution is 7.89. The van der Waals surface area contributed by atoms with Crippen molar-refractivity contribution in [1.29, 1.82) is 0 Å². The van der Waals surface area contributed by atoms with Crippen molar-refractivity contribution in [2.24, 2.45) is 28.6 Å². The van der Waals surface area contributed by atoms with E-state index in [9.17, 15) is 8.42 Å². The van der Waals surface area contributed by atoms with E-state index in [1.165, 1.54) is 12.8 Å². The molecule has 1 aromatic carbocycles. The van der Waals surface area contributed by atoms with Gasteiger partial charge in [-0.2, -0.15) is 0 Å². The fourth-order valence-corrected chi connectivity index (χ4v) is 10.1. The molecular weight excluding hydrogens is 509 g/mol. The molecule has 0 heterocycles. The summed E-state index contributed by atoms with van der Waals surface area (Å²) in [4.78, 5) is 2.95. The molecule has 1 aromatic rings. The van der Waals surface area contributed by atoms with Crippen LogP contribution < -0.4 is 10.3 Å². The highest BCUT2D eigenvalue weighted by Gasteiger charge is 2.57. The smallest absolute Gasteiger partial charge is 0.257 e. The van der Waals surface area contributed by atoms with Crippen molar-refractivity contribution in [3.05, 3.63) is 53.8 Å². The fourth-order valence-electron chi connectivity index (χ4n) is 7.86. The molecule has 4 aliphatic carbocycles. The molecule has 7 heteroatoms. The molecule has 4 aliphatic rings. The Hall–Kier alpha value is -1.41. The predicted molar refractivity (Wildman–Crippen MR) is 157 cm³/mol. The Morgan fingerprint density at radius 1 is 0.947 bits per heavy atom. The number of sulfonamides is 1. The molecule has 210 valence electrons. The molecule has 2 saturated carbocycles. The summed E-state index contributed by atoms with van der Waals surface area (Å²) in [6.45, 7) is 16.7. The highest BCUT2D eigenvalue weighted by atomic mass is 32.2. The summed E-state index contributed by atoms with van der Waals surface area (Å²) >= 11 is 0. The van der Waals surface area contributed by atoms with Gasteiger partial charge in [-0.1, -0.05) is 70.5 Å². The van der Waals surface area contributed by atoms with Crippen LogP contribution in [0.25, 0.3) is 0 Å². The molecule has 38 heavy (non-hydrogen) atoms. The SMILES string of the molecule is CC(C)(C)[Si](C)(C)O[C@H]1CC[C@@]2(C)C(=CCC3C2CC[C@]2(C)C(NNS(=O)(=O)c4ccccc4)=CCC32)C1. The van der Waals surface area contributed by atoms with Crippen LogP contribution in [0, 0.1) is 28.6 Å². The zero-order chi connectivity index (χ0) is 27.6. The van der Waals surface area contributed by atoms with Gasteiger partial charge in [0, 0.05) is 17.2 Å². The summed E-state index contributed by atoms with van der Waals surface area (Å²) in [5.41, 5.74) is 6.10. The van der Waals surface area contributed by atoms with Gasteiger partial charge < -0.3 is 9.85 Å². The summed E-state index contributed by atoms with van der Waals surface area (Å²) in [6.07, 6.45) is 13.1. The Morgan fingerprint density at radius 2 is 1.63 bits per heavy atom. The zero-order valence-corrected chi connectivity index (χ0v) is 26.3. The molecule has 0 radical (unpaired) electrons. The van der Waals surface area contributed by atoms with Gasteiger partial charge in [0.1, 0.15) is 0 Å². The molecule has 0 amide bonds. The molecular formula is C31H48N2O3SSi. The minimum atomic E-state index is -3.61. The Morgan fingerprint density at radius 3 is 2.32 bits per heavy atom. The molecule has 5 rings (SSSR count). The minimum absolute atomic E-state index is 0.0231. The summed E-state index contributed by atoms with van der Waals surface area (Å²) in [5.74, 6) is 1.88. The lowest BCUT2D eigenvalue weighted by Gasteiger charge is -2.58. The number of nitrogens with one attached hydrogen (secondary N) is 2. The van der Waals surface area contributed by atoms with Crippen LogP contribution in [0.5, 0.6) is 0 Å². The van der Waals surface area contributed by atoms with Crippen LogP contribution in [-0.2, 0) is 14.4 Å². The van der Waals surface area contributed by atoms with Crippen molar-refractivity contribution < 1.29 is 12.8 Å². The first kappa shape index (κ1) is 28.1. The molecule has 5 nitrogen and oxygen atoms in total. The maximum absolute atomic E-state index is 12.8. The third-order valence-corrected chi connectivity index (χ3v) is 17.1. The van der Waals surface area contributed by atoms with Crippen molar-refractivity contribution in [2.75, 3.05) is 0 Å². The molecule has 2 N–H and O–H groups in total. The summed E-state index contributed by atoms with van der Waals surface area (Å²) < 4.78 is 32.5. The van der Waals surface area contributed by atoms with Crippen LogP contribution in [0.4, 0.5) is 0 Å². The lowest BCUT2D eigenvalue weighted by atomic mass is 9.48. The van der Waals surface area contributed by atoms with Gasteiger partial charge in [-0.3, -0.25) is 0 Å². The van der Waals surface area contributed by atoms with Gasteiger partial charge in [-0.25, -0.2) is 8.42 Å². The van der Waals surface area contributed by atoms with E-state index in [0.717, 1.165) is 37.8 Å². The van der Waals surface area contributed by atoms with E-state index < -0.39 is 18.3 Å². The van der Waals surface area contributed by atoms with Gasteiger partial charge in [-0.05, 0) is 98.4 Å². The first-order valence-corrected chi connectivity index (χ1v) is 19.0. The summed E-state index contributed by atoms with van der Waals surface area (Å²) in [5, 5.41) is 0.240. The number of hydrogen-bond acceptors (Lipinski definition) is 4. The second kappa shape index (κ2) is 9.60. The second-order valence-corrected chi connectivity index (χ2v) is 20.8. The third-order valence-electron chi connectivity index (χ3n) is 11.3. The van der Waals surface area contributed by atoms with Crippen LogP contribution in [0.1, 0.15) is 79.6 Å². The van der Waals surface area contributed by atoms with Gasteiger partial charge in [0.2, 0.25) is 0 Å². The number of hydrogen-bond donors (Lipinski definition) is 2. The number of rotatable bonds is 6. The van der Waals surface area contributed by atoms with Crippen LogP contribution in [0.2, 0.25) is 18.1 Å². The van der Waals surface area contributed by atoms with Crippen molar-refractivity contribution in [3.8, 4) is 0 Å². The average Bonchev–Trinajstić information content (AvgIpc) is 3.19. The van der Waals surface area contributed by atoms with Crippen LogP contribution in [0.15, 0.2) is 58.6 Å². The normalized spacial score (nSPS) is 35.4. The Kier molecular flexibility index (Phi) is 7.11. The van der Waals surface area contributed by atoms with Gasteiger partial charge in [0.25, 0.3) is 10.0 Å². The largest absolute Gasteiger partial charge is 0.414 e. The van der Waals surface area contributed by atoms with Gasteiger partial charge in [-0.15, -0.1) is 4.83 Å². The molecule has 0 saturated heterocycles. The Bertz CT molecular complexity index is 1220. The summed E-state index contributed by atoms with van der Waals surface area (Å²) in [6, 6.07) is 8.58. The number of hydrazine groups is 1. The topological polar surface area (TPSA) is 67.4 Å². The van der Waals surface area contributed by atoms with Crippen LogP contribution in [-0.4, -0.2) is 22.8 Å². The monoisotopic (exact) mass is 556 g/mol. The van der Waals surface area contributed by atoms with Crippen molar-refractivity contribution in [1.82, 2.24) is 10.3 Å². The average molecular weight is 557 g/mol. The van der Waals surface area contributed by atoms with E-state index in [2.05, 4.69) is 70.1 Å². The molecule has 0 aromatic heterocycles. The van der Waals surface area contributed by atoms with Gasteiger partial charge >= 0.3 is 0 Å². The van der Waals surface area contributed by atoms with Crippen molar-refractivity contribution in [3.63, 3.8) is 0 Å². The highest BCUT2D eigenvalue weighted by Crippen LogP contribution is 2.64. The van der Waals surface area contributed by atoms with E-state index >= 15 is 0 Å². The molecule has 2 fully saturated rings. The zero-order valence-electron chi connectivity index (χ0n) is 24.4. The lowest BCUT2D eigenvalue weighted by molar-refractivity contribution is -0.0298. The van der Waals surface area contributed by atoms with Crippen LogP contribution in [0.3, 0.4) is 0 Å². The second-order valence-electron chi connectivity index (χ2n) is 14.4. The van der Waals surface area contributed by atoms with Gasteiger partial charge in [0.15, 0.2) is 8.32 Å². The number of fused-ring (bicyclic) bond motifs is 5. The Labute approximate surface area is 232 Å². The number of allylic oxidation sites excluding steroid dienone is 3. The third kappa shape index (κ3) is 4.75. The molecule has 6 atom stereocenters. The lowest BCUT2D eigenvalue weighted by Crippen LogP contribution is -2.52. The van der Waals surface area contributed by atoms with Crippen molar-refractivity contribution >= 4 is 18.3 Å². The molecule has 3 unspecified atom stereocenters. The number of benzene rings is 1. The van der Waals surface area contributed by atoms with E-state index in [-0.39, 0.29) is 20.8 Å². The molecule has 0 aliphatic heterocycles. The Balaban J connectivity index is 1.28. The first-order chi connectivity index (χ1) is 17.7. The van der Waals surface area contributed by atoms with E-state index in [0.29, 0.717) is 23.9 Å². The first-order valence-electron chi connectivity index (χ1n) is 14.6. The molecule has 0 bridgehead atoms. The maximum Gasteiger partial charge on any atom is 0.257 e.